The van der Waals surface area contributed by atoms with Gasteiger partial charge in [-0.2, -0.15) is 18.4 Å². The first-order valence-electron chi connectivity index (χ1n) is 4.55. The Morgan fingerprint density at radius 3 is 2.59 bits per heavy atom. The van der Waals surface area contributed by atoms with Gasteiger partial charge in [0.2, 0.25) is 0 Å². The van der Waals surface area contributed by atoms with Crippen molar-refractivity contribution >= 4 is 5.78 Å². The van der Waals surface area contributed by atoms with Gasteiger partial charge in [0.25, 0.3) is 0 Å². The van der Waals surface area contributed by atoms with Crippen molar-refractivity contribution in [1.29, 1.82) is 5.26 Å². The van der Waals surface area contributed by atoms with Crippen LogP contribution >= 0.6 is 0 Å². The first-order valence-corrected chi connectivity index (χ1v) is 4.55. The lowest BCUT2D eigenvalue weighted by Gasteiger charge is -2.11. The molecular formula is C11H8F3NO2. The summed E-state index contributed by atoms with van der Waals surface area (Å²) in [6.45, 7) is 0. The molecule has 0 aliphatic carbocycles. The molecule has 0 atom stereocenters. The van der Waals surface area contributed by atoms with E-state index in [9.17, 15) is 18.0 Å². The highest BCUT2D eigenvalue weighted by atomic mass is 19.4. The van der Waals surface area contributed by atoms with Crippen LogP contribution < -0.4 is 4.74 Å². The Labute approximate surface area is 95.4 Å². The first-order chi connectivity index (χ1) is 7.90. The minimum Gasteiger partial charge on any atom is -0.496 e. The summed E-state index contributed by atoms with van der Waals surface area (Å²) in [4.78, 5) is 11.4. The maximum Gasteiger partial charge on any atom is 0.416 e. The molecule has 0 aromatic heterocycles. The fourth-order valence-corrected chi connectivity index (χ4v) is 1.27. The highest BCUT2D eigenvalue weighted by molar-refractivity contribution is 6.00. The summed E-state index contributed by atoms with van der Waals surface area (Å²) in [7, 11) is 1.24. The molecule has 6 heteroatoms. The van der Waals surface area contributed by atoms with Gasteiger partial charge in [0.05, 0.1) is 30.7 Å². The minimum atomic E-state index is -4.53. The molecule has 0 amide bonds. The van der Waals surface area contributed by atoms with Crippen LogP contribution in [-0.2, 0) is 6.18 Å². The Morgan fingerprint density at radius 2 is 2.12 bits per heavy atom. The third-order valence-corrected chi connectivity index (χ3v) is 2.07. The summed E-state index contributed by atoms with van der Waals surface area (Å²) in [5, 5.41) is 8.36. The second kappa shape index (κ2) is 4.87. The number of methoxy groups -OCH3 is 1. The van der Waals surface area contributed by atoms with Crippen LogP contribution in [0.2, 0.25) is 0 Å². The van der Waals surface area contributed by atoms with Crippen LogP contribution in [0.3, 0.4) is 0 Å². The lowest BCUT2D eigenvalue weighted by atomic mass is 10.0. The number of nitrogens with zero attached hydrogens (tertiary/aromatic N) is 1. The molecule has 1 rings (SSSR count). The Bertz CT molecular complexity index is 475. The molecule has 0 N–H and O–H groups in total. The van der Waals surface area contributed by atoms with Gasteiger partial charge in [-0.3, -0.25) is 4.79 Å². The smallest absolute Gasteiger partial charge is 0.416 e. The zero-order valence-electron chi connectivity index (χ0n) is 8.84. The summed E-state index contributed by atoms with van der Waals surface area (Å²) in [5.74, 6) is -0.672. The monoisotopic (exact) mass is 243 g/mol. The van der Waals surface area contributed by atoms with Crippen LogP contribution in [0, 0.1) is 11.3 Å². The van der Waals surface area contributed by atoms with Crippen molar-refractivity contribution in [2.24, 2.45) is 0 Å². The number of halogens is 3. The predicted octanol–water partition coefficient (Wildman–Crippen LogP) is 2.81. The van der Waals surface area contributed by atoms with E-state index in [4.69, 9.17) is 10.00 Å². The van der Waals surface area contributed by atoms with Crippen molar-refractivity contribution in [2.45, 2.75) is 12.6 Å². The molecule has 0 aliphatic rings. The average Bonchev–Trinajstić information content (AvgIpc) is 2.27. The first kappa shape index (κ1) is 13.0. The van der Waals surface area contributed by atoms with E-state index >= 15 is 0 Å². The van der Waals surface area contributed by atoms with Gasteiger partial charge < -0.3 is 4.74 Å². The Morgan fingerprint density at radius 1 is 1.47 bits per heavy atom. The van der Waals surface area contributed by atoms with Crippen LogP contribution in [0.1, 0.15) is 22.3 Å². The Balaban J connectivity index is 3.26. The van der Waals surface area contributed by atoms with Crippen LogP contribution in [0.15, 0.2) is 18.2 Å². The van der Waals surface area contributed by atoms with Crippen LogP contribution in [-0.4, -0.2) is 12.9 Å². The predicted molar refractivity (Wildman–Crippen MR) is 52.6 cm³/mol. The van der Waals surface area contributed by atoms with E-state index in [-0.39, 0.29) is 11.3 Å². The highest BCUT2D eigenvalue weighted by Gasteiger charge is 2.31. The number of ketones is 1. The molecule has 1 aromatic rings. The largest absolute Gasteiger partial charge is 0.496 e. The number of carbonyl (C=O) groups excluding carboxylic acids is 1. The van der Waals surface area contributed by atoms with Crippen molar-refractivity contribution < 1.29 is 22.7 Å². The SMILES string of the molecule is COc1ccc(C(F)(F)F)cc1C(=O)CC#N. The molecule has 90 valence electrons. The van der Waals surface area contributed by atoms with Gasteiger partial charge in [-0.05, 0) is 18.2 Å². The second-order valence-corrected chi connectivity index (χ2v) is 3.17. The lowest BCUT2D eigenvalue weighted by molar-refractivity contribution is -0.137. The summed E-state index contributed by atoms with van der Waals surface area (Å²) >= 11 is 0. The maximum atomic E-state index is 12.4. The summed E-state index contributed by atoms with van der Waals surface area (Å²) in [6.07, 6.45) is -5.02. The second-order valence-electron chi connectivity index (χ2n) is 3.17. The number of nitriles is 1. The molecular weight excluding hydrogens is 235 g/mol. The van der Waals surface area contributed by atoms with Gasteiger partial charge in [0.1, 0.15) is 5.75 Å². The maximum absolute atomic E-state index is 12.4. The number of alkyl halides is 3. The van der Waals surface area contributed by atoms with E-state index in [2.05, 4.69) is 0 Å². The molecule has 0 unspecified atom stereocenters. The molecule has 3 nitrogen and oxygen atoms in total. The standard InChI is InChI=1S/C11H8F3NO2/c1-17-10-3-2-7(11(12,13)14)6-8(10)9(16)4-5-15/h2-3,6H,4H2,1H3. The molecule has 0 radical (unpaired) electrons. The van der Waals surface area contributed by atoms with Gasteiger partial charge in [0, 0.05) is 0 Å². The molecule has 0 bridgehead atoms. The van der Waals surface area contributed by atoms with Gasteiger partial charge in [-0.1, -0.05) is 0 Å². The third kappa shape index (κ3) is 2.97. The van der Waals surface area contributed by atoms with Crippen molar-refractivity contribution in [3.8, 4) is 11.8 Å². The molecule has 0 aliphatic heterocycles. The summed E-state index contributed by atoms with van der Waals surface area (Å²) < 4.78 is 42.1. The fraction of sp³-hybridized carbons (Fsp3) is 0.273. The van der Waals surface area contributed by atoms with Gasteiger partial charge >= 0.3 is 6.18 Å². The van der Waals surface area contributed by atoms with Crippen molar-refractivity contribution in [3.05, 3.63) is 29.3 Å². The van der Waals surface area contributed by atoms with Gasteiger partial charge in [-0.25, -0.2) is 0 Å². The molecule has 0 saturated heterocycles. The fourth-order valence-electron chi connectivity index (χ4n) is 1.27. The average molecular weight is 243 g/mol. The van der Waals surface area contributed by atoms with Crippen molar-refractivity contribution in [3.63, 3.8) is 0 Å². The molecule has 0 saturated carbocycles. The number of ether oxygens (including phenoxy) is 1. The minimum absolute atomic E-state index is 0.0262. The third-order valence-electron chi connectivity index (χ3n) is 2.07. The van der Waals surface area contributed by atoms with E-state index in [1.807, 2.05) is 0 Å². The molecule has 17 heavy (non-hydrogen) atoms. The molecule has 1 aromatic carbocycles. The van der Waals surface area contributed by atoms with Crippen molar-refractivity contribution in [1.82, 2.24) is 0 Å². The van der Waals surface area contributed by atoms with Crippen LogP contribution in [0.5, 0.6) is 5.75 Å². The molecule has 0 spiro atoms. The number of carbonyl (C=O) groups is 1. The number of hydrogen-bond acceptors (Lipinski definition) is 3. The van der Waals surface area contributed by atoms with Crippen molar-refractivity contribution in [2.75, 3.05) is 7.11 Å². The lowest BCUT2D eigenvalue weighted by Crippen LogP contribution is -2.08. The normalized spacial score (nSPS) is 10.8. The zero-order chi connectivity index (χ0) is 13.1. The number of rotatable bonds is 3. The highest BCUT2D eigenvalue weighted by Crippen LogP contribution is 2.32. The van der Waals surface area contributed by atoms with Crippen LogP contribution in [0.4, 0.5) is 13.2 Å². The van der Waals surface area contributed by atoms with Gasteiger partial charge in [0.15, 0.2) is 5.78 Å². The van der Waals surface area contributed by atoms with E-state index in [0.717, 1.165) is 12.1 Å². The van der Waals surface area contributed by atoms with E-state index < -0.39 is 23.9 Å². The van der Waals surface area contributed by atoms with Gasteiger partial charge in [-0.15, -0.1) is 0 Å². The molecule has 0 fully saturated rings. The molecule has 0 heterocycles. The van der Waals surface area contributed by atoms with E-state index in [1.54, 1.807) is 6.07 Å². The Kier molecular flexibility index (Phi) is 3.73. The topological polar surface area (TPSA) is 50.1 Å². The summed E-state index contributed by atoms with van der Waals surface area (Å²) in [5.41, 5.74) is -1.18. The van der Waals surface area contributed by atoms with E-state index in [1.165, 1.54) is 7.11 Å². The number of hydrogen-bond donors (Lipinski definition) is 0. The quantitative estimate of drug-likeness (QED) is 0.767. The zero-order valence-corrected chi connectivity index (χ0v) is 8.84. The van der Waals surface area contributed by atoms with Crippen LogP contribution in [0.25, 0.3) is 0 Å². The van der Waals surface area contributed by atoms with E-state index in [0.29, 0.717) is 6.07 Å². The summed E-state index contributed by atoms with van der Waals surface area (Å²) in [6, 6.07) is 4.17. The number of Topliss-reactive ketones (excluding diaryl/α,β-unsaturated/α-hetero) is 1. The Hall–Kier alpha value is -2.03. The number of benzene rings is 1.